The van der Waals surface area contributed by atoms with E-state index in [-0.39, 0.29) is 11.9 Å². The monoisotopic (exact) mass is 215 g/mol. The highest BCUT2D eigenvalue weighted by Crippen LogP contribution is 1.93. The third-order valence-corrected chi connectivity index (χ3v) is 1.28. The smallest absolute Gasteiger partial charge is 0.309 e. The molecular weight excluding hydrogens is 198 g/mol. The van der Waals surface area contributed by atoms with E-state index in [0.717, 1.165) is 6.42 Å². The van der Waals surface area contributed by atoms with Crippen molar-refractivity contribution in [3.05, 3.63) is 30.1 Å². The van der Waals surface area contributed by atoms with Crippen molar-refractivity contribution in [2.45, 2.75) is 19.8 Å². The Kier molecular flexibility index (Phi) is 11.3. The summed E-state index contributed by atoms with van der Waals surface area (Å²) in [5, 5.41) is 16.2. The van der Waals surface area contributed by atoms with Crippen molar-refractivity contribution in [1.82, 2.24) is 4.98 Å². The van der Waals surface area contributed by atoms with Crippen molar-refractivity contribution in [3.63, 3.8) is 0 Å². The number of aliphatic hydroxyl groups excluding tert-OH is 1. The number of hydrogen-bond acceptors (Lipinski definition) is 3. The van der Waals surface area contributed by atoms with E-state index < -0.39 is 5.97 Å². The van der Waals surface area contributed by atoms with Gasteiger partial charge in [-0.2, -0.15) is 0 Å². The number of aliphatic carboxylic acids is 1. The third-order valence-electron chi connectivity index (χ3n) is 1.28. The van der Waals surface area contributed by atoms with Crippen LogP contribution in [0.4, 0.5) is 0 Å². The summed E-state index contributed by atoms with van der Waals surface area (Å²) in [6, 6.07) is 5.21. The molecule has 1 heterocycles. The average Bonchev–Trinajstić information content (AvgIpc) is 2.19. The van der Waals surface area contributed by atoms with Gasteiger partial charge in [0.1, 0.15) is 0 Å². The van der Waals surface area contributed by atoms with Gasteiger partial charge in [0, 0.05) is 12.8 Å². The number of carboxylic acid groups (broad SMARTS) is 1. The fourth-order valence-electron chi connectivity index (χ4n) is 0.658. The molecule has 0 aliphatic heterocycles. The Morgan fingerprint density at radius 2 is 2.07 bits per heavy atom. The second-order valence-electron chi connectivity index (χ2n) is 2.62. The fraction of sp³-hybridized carbons (Fsp3) is 0.400. The molecule has 0 aromatic carbocycles. The Morgan fingerprint density at radius 1 is 1.47 bits per heavy atom. The van der Waals surface area contributed by atoms with Crippen LogP contribution in [0, 0.1) is 0 Å². The molecule has 0 radical (unpaired) electrons. The molecule has 5 nitrogen and oxygen atoms in total. The van der Waals surface area contributed by atoms with Crippen molar-refractivity contribution >= 4 is 5.97 Å². The van der Waals surface area contributed by atoms with Gasteiger partial charge in [-0.3, -0.25) is 9.78 Å². The summed E-state index contributed by atoms with van der Waals surface area (Å²) in [4.78, 5) is 14.0. The van der Waals surface area contributed by atoms with Gasteiger partial charge in [-0.15, -0.1) is 0 Å². The van der Waals surface area contributed by atoms with Crippen LogP contribution in [0.5, 0.6) is 0 Å². The van der Waals surface area contributed by atoms with E-state index >= 15 is 0 Å². The van der Waals surface area contributed by atoms with E-state index in [4.69, 9.17) is 10.2 Å². The van der Waals surface area contributed by atoms with Gasteiger partial charge in [0.2, 0.25) is 0 Å². The molecule has 0 aliphatic carbocycles. The van der Waals surface area contributed by atoms with Gasteiger partial charge >= 0.3 is 5.97 Å². The van der Waals surface area contributed by atoms with Gasteiger partial charge in [0.05, 0.1) is 12.1 Å². The standard InChI is InChI=1S/C7H7NO2.C3H8O.H2O/c9-7(10)5-6-3-1-2-4-8-6;1-2-3-4;/h1-4H,5H2,(H,9,10);4H,2-3H2,1H3;1H2. The molecule has 0 atom stereocenters. The minimum Gasteiger partial charge on any atom is -0.481 e. The summed E-state index contributed by atoms with van der Waals surface area (Å²) >= 11 is 0. The molecule has 0 saturated heterocycles. The van der Waals surface area contributed by atoms with Crippen LogP contribution in [-0.2, 0) is 11.2 Å². The average molecular weight is 215 g/mol. The number of hydrogen-bond donors (Lipinski definition) is 2. The maximum atomic E-state index is 10.1. The number of pyridine rings is 1. The predicted octanol–water partition coefficient (Wildman–Crippen LogP) is 0.273. The summed E-state index contributed by atoms with van der Waals surface area (Å²) in [5.41, 5.74) is 0.593. The van der Waals surface area contributed by atoms with Crippen LogP contribution in [0.3, 0.4) is 0 Å². The maximum Gasteiger partial charge on any atom is 0.309 e. The van der Waals surface area contributed by atoms with Gasteiger partial charge < -0.3 is 15.7 Å². The van der Waals surface area contributed by atoms with Gasteiger partial charge in [-0.1, -0.05) is 13.0 Å². The molecule has 1 rings (SSSR count). The van der Waals surface area contributed by atoms with Crippen LogP contribution < -0.4 is 0 Å². The molecule has 4 N–H and O–H groups in total. The first-order valence-corrected chi connectivity index (χ1v) is 4.43. The zero-order chi connectivity index (χ0) is 10.8. The molecule has 1 aromatic rings. The first-order chi connectivity index (χ1) is 6.70. The van der Waals surface area contributed by atoms with E-state index in [1.807, 2.05) is 6.92 Å². The lowest BCUT2D eigenvalue weighted by Crippen LogP contribution is -2.01. The lowest BCUT2D eigenvalue weighted by atomic mass is 10.3. The zero-order valence-corrected chi connectivity index (χ0v) is 8.68. The van der Waals surface area contributed by atoms with Crippen LogP contribution in [0.1, 0.15) is 19.0 Å². The van der Waals surface area contributed by atoms with E-state index in [1.165, 1.54) is 0 Å². The Hall–Kier alpha value is -1.46. The number of aliphatic hydroxyl groups is 1. The highest BCUT2D eigenvalue weighted by molar-refractivity contribution is 5.69. The van der Waals surface area contributed by atoms with E-state index in [1.54, 1.807) is 24.4 Å². The Balaban J connectivity index is 0. The van der Waals surface area contributed by atoms with Crippen LogP contribution in [0.15, 0.2) is 24.4 Å². The van der Waals surface area contributed by atoms with Gasteiger partial charge in [-0.25, -0.2) is 0 Å². The molecule has 15 heavy (non-hydrogen) atoms. The van der Waals surface area contributed by atoms with Gasteiger partial charge in [0.15, 0.2) is 0 Å². The molecule has 0 aliphatic rings. The molecule has 0 bridgehead atoms. The molecule has 0 saturated carbocycles. The minimum atomic E-state index is -0.848. The second kappa shape index (κ2) is 10.6. The van der Waals surface area contributed by atoms with Gasteiger partial charge in [0.25, 0.3) is 0 Å². The number of carbonyl (C=O) groups is 1. The summed E-state index contributed by atoms with van der Waals surface area (Å²) in [7, 11) is 0. The van der Waals surface area contributed by atoms with Crippen molar-refractivity contribution in [3.8, 4) is 0 Å². The molecule has 0 unspecified atom stereocenters. The molecule has 86 valence electrons. The minimum absolute atomic E-state index is 0. The Labute approximate surface area is 88.7 Å². The molecule has 0 fully saturated rings. The van der Waals surface area contributed by atoms with Crippen molar-refractivity contribution in [2.75, 3.05) is 6.61 Å². The zero-order valence-electron chi connectivity index (χ0n) is 8.68. The van der Waals surface area contributed by atoms with Crippen LogP contribution in [-0.4, -0.2) is 33.2 Å². The SMILES string of the molecule is CCCO.O.O=C(O)Cc1ccccn1. The Bertz CT molecular complexity index is 249. The number of aromatic nitrogens is 1. The first-order valence-electron chi connectivity index (χ1n) is 4.43. The van der Waals surface area contributed by atoms with Crippen LogP contribution >= 0.6 is 0 Å². The molecule has 5 heteroatoms. The second-order valence-corrected chi connectivity index (χ2v) is 2.62. The number of nitrogens with zero attached hydrogens (tertiary/aromatic N) is 1. The van der Waals surface area contributed by atoms with Crippen molar-refractivity contribution < 1.29 is 20.5 Å². The van der Waals surface area contributed by atoms with Crippen molar-refractivity contribution in [1.29, 1.82) is 0 Å². The summed E-state index contributed by atoms with van der Waals surface area (Å²) in [6.45, 7) is 2.25. The highest BCUT2D eigenvalue weighted by atomic mass is 16.4. The molecular formula is C10H17NO4. The van der Waals surface area contributed by atoms with E-state index in [0.29, 0.717) is 12.3 Å². The Morgan fingerprint density at radius 3 is 2.40 bits per heavy atom. The summed E-state index contributed by atoms with van der Waals surface area (Å²) in [6.07, 6.45) is 2.46. The lowest BCUT2D eigenvalue weighted by Gasteiger charge is -1.91. The fourth-order valence-corrected chi connectivity index (χ4v) is 0.658. The number of rotatable bonds is 3. The molecule has 0 amide bonds. The lowest BCUT2D eigenvalue weighted by molar-refractivity contribution is -0.136. The number of carboxylic acids is 1. The predicted molar refractivity (Wildman–Crippen MR) is 56.6 cm³/mol. The van der Waals surface area contributed by atoms with E-state index in [2.05, 4.69) is 4.98 Å². The molecule has 1 aromatic heterocycles. The van der Waals surface area contributed by atoms with Crippen molar-refractivity contribution in [2.24, 2.45) is 0 Å². The summed E-state index contributed by atoms with van der Waals surface area (Å²) in [5.74, 6) is -0.848. The van der Waals surface area contributed by atoms with Crippen LogP contribution in [0.25, 0.3) is 0 Å². The largest absolute Gasteiger partial charge is 0.481 e. The summed E-state index contributed by atoms with van der Waals surface area (Å²) < 4.78 is 0. The topological polar surface area (TPSA) is 102 Å². The molecule has 0 spiro atoms. The highest BCUT2D eigenvalue weighted by Gasteiger charge is 1.98. The third kappa shape index (κ3) is 10.5. The quantitative estimate of drug-likeness (QED) is 0.755. The van der Waals surface area contributed by atoms with E-state index in [9.17, 15) is 4.79 Å². The van der Waals surface area contributed by atoms with Gasteiger partial charge in [-0.05, 0) is 18.6 Å². The first kappa shape index (κ1) is 16.0. The normalized spacial score (nSPS) is 8.13. The maximum absolute atomic E-state index is 10.1. The van der Waals surface area contributed by atoms with Crippen LogP contribution in [0.2, 0.25) is 0 Å².